The van der Waals surface area contributed by atoms with Gasteiger partial charge in [0.1, 0.15) is 0 Å². The van der Waals surface area contributed by atoms with Gasteiger partial charge in [0.05, 0.1) is 17.6 Å². The van der Waals surface area contributed by atoms with E-state index < -0.39 is 0 Å². The molecule has 0 atom stereocenters. The maximum atomic E-state index is 5.43. The minimum Gasteiger partial charge on any atom is -0.465 e. The van der Waals surface area contributed by atoms with Crippen LogP contribution in [0.2, 0.25) is 0 Å². The lowest BCUT2D eigenvalue weighted by Gasteiger charge is -2.15. The summed E-state index contributed by atoms with van der Waals surface area (Å²) in [4.78, 5) is 4.40. The van der Waals surface area contributed by atoms with Gasteiger partial charge in [-0.15, -0.1) is 0 Å². The fourth-order valence-corrected chi connectivity index (χ4v) is 3.01. The van der Waals surface area contributed by atoms with Gasteiger partial charge in [-0.3, -0.25) is 4.57 Å². The highest BCUT2D eigenvalue weighted by atomic mass is 16.5. The van der Waals surface area contributed by atoms with Crippen LogP contribution >= 0.6 is 0 Å². The molecule has 2 aromatic rings. The number of fused-ring (bicyclic) bond motifs is 1. The zero-order chi connectivity index (χ0) is 17.2. The monoisotopic (exact) mass is 318 g/mol. The van der Waals surface area contributed by atoms with Crippen LogP contribution in [0.1, 0.15) is 65.4 Å². The standard InChI is InChI=1S/C11H14N2O.C7H14.C2H6/c1-4-14-11-12-9-7-5-6-8(2)10(9)13(11)3;1-7-5-3-2-4-6-7;1-2/h5-7H,4H2,1-3H3;7H,2-6H2,1H3;1-2H3. The first-order chi connectivity index (χ1) is 11.1. The molecule has 23 heavy (non-hydrogen) atoms. The second-order valence-electron chi connectivity index (χ2n) is 6.07. The van der Waals surface area contributed by atoms with Crippen molar-refractivity contribution in [2.45, 2.75) is 66.7 Å². The number of nitrogens with zero attached hydrogens (tertiary/aromatic N) is 2. The van der Waals surface area contributed by atoms with Crippen LogP contribution < -0.4 is 4.74 Å². The number of aryl methyl sites for hydroxylation is 2. The third kappa shape index (κ3) is 5.56. The first-order valence-electron chi connectivity index (χ1n) is 9.18. The molecule has 1 saturated carbocycles. The highest BCUT2D eigenvalue weighted by Crippen LogP contribution is 2.23. The Labute approximate surface area is 142 Å². The van der Waals surface area contributed by atoms with Gasteiger partial charge in [0.25, 0.3) is 6.01 Å². The zero-order valence-electron chi connectivity index (χ0n) is 15.9. The molecule has 0 amide bonds. The molecular formula is C20H34N2O. The van der Waals surface area contributed by atoms with E-state index in [0.717, 1.165) is 17.0 Å². The first-order valence-corrected chi connectivity index (χ1v) is 9.18. The predicted molar refractivity (Wildman–Crippen MR) is 100 cm³/mol. The summed E-state index contributed by atoms with van der Waals surface area (Å²) in [7, 11) is 1.98. The van der Waals surface area contributed by atoms with Crippen LogP contribution in [0.4, 0.5) is 0 Å². The Balaban J connectivity index is 0.000000247. The normalized spacial score (nSPS) is 14.5. The molecule has 0 unspecified atom stereocenters. The molecule has 0 N–H and O–H groups in total. The van der Waals surface area contributed by atoms with Gasteiger partial charge in [-0.25, -0.2) is 0 Å². The summed E-state index contributed by atoms with van der Waals surface area (Å²) in [6, 6.07) is 6.79. The summed E-state index contributed by atoms with van der Waals surface area (Å²) in [5, 5.41) is 0. The Morgan fingerprint density at radius 3 is 2.30 bits per heavy atom. The van der Waals surface area contributed by atoms with E-state index in [-0.39, 0.29) is 0 Å². The average molecular weight is 319 g/mol. The van der Waals surface area contributed by atoms with Crippen molar-refractivity contribution in [1.82, 2.24) is 9.55 Å². The molecule has 3 nitrogen and oxygen atoms in total. The molecular weight excluding hydrogens is 284 g/mol. The lowest BCUT2D eigenvalue weighted by molar-refractivity contribution is 0.304. The largest absolute Gasteiger partial charge is 0.465 e. The van der Waals surface area contributed by atoms with Crippen molar-refractivity contribution >= 4 is 11.0 Å². The van der Waals surface area contributed by atoms with Gasteiger partial charge in [-0.05, 0) is 31.4 Å². The summed E-state index contributed by atoms with van der Waals surface area (Å²) >= 11 is 0. The van der Waals surface area contributed by atoms with Gasteiger partial charge in [-0.1, -0.05) is 65.0 Å². The maximum absolute atomic E-state index is 5.43. The van der Waals surface area contributed by atoms with Crippen molar-refractivity contribution in [1.29, 1.82) is 0 Å². The van der Waals surface area contributed by atoms with Crippen LogP contribution in [0.15, 0.2) is 18.2 Å². The molecule has 1 fully saturated rings. The maximum Gasteiger partial charge on any atom is 0.297 e. The van der Waals surface area contributed by atoms with Crippen molar-refractivity contribution in [2.24, 2.45) is 13.0 Å². The summed E-state index contributed by atoms with van der Waals surface area (Å²) in [5.74, 6) is 1.04. The van der Waals surface area contributed by atoms with E-state index in [2.05, 4.69) is 24.9 Å². The quantitative estimate of drug-likeness (QED) is 0.690. The highest BCUT2D eigenvalue weighted by molar-refractivity contribution is 5.80. The number of hydrogen-bond acceptors (Lipinski definition) is 2. The van der Waals surface area contributed by atoms with Crippen molar-refractivity contribution < 1.29 is 4.74 Å². The minimum atomic E-state index is 0.649. The van der Waals surface area contributed by atoms with Crippen molar-refractivity contribution in [2.75, 3.05) is 6.61 Å². The van der Waals surface area contributed by atoms with Crippen LogP contribution in [0.5, 0.6) is 6.01 Å². The summed E-state index contributed by atoms with van der Waals surface area (Å²) in [6.45, 7) is 11.1. The smallest absolute Gasteiger partial charge is 0.297 e. The number of rotatable bonds is 2. The van der Waals surface area contributed by atoms with Crippen LogP contribution in [0.25, 0.3) is 11.0 Å². The molecule has 0 spiro atoms. The van der Waals surface area contributed by atoms with Gasteiger partial charge in [-0.2, -0.15) is 4.98 Å². The van der Waals surface area contributed by atoms with Crippen molar-refractivity contribution in [3.63, 3.8) is 0 Å². The Bertz CT molecular complexity index is 568. The molecule has 0 bridgehead atoms. The van der Waals surface area contributed by atoms with Crippen LogP contribution in [0.3, 0.4) is 0 Å². The molecule has 0 aliphatic heterocycles. The Kier molecular flexibility index (Phi) is 8.75. The molecule has 0 radical (unpaired) electrons. The van der Waals surface area contributed by atoms with Crippen molar-refractivity contribution in [3.8, 4) is 6.01 Å². The zero-order valence-corrected chi connectivity index (χ0v) is 15.9. The Hall–Kier alpha value is -1.51. The number of benzene rings is 1. The average Bonchev–Trinajstić information content (AvgIpc) is 2.89. The second-order valence-corrected chi connectivity index (χ2v) is 6.07. The molecule has 1 heterocycles. The number of aromatic nitrogens is 2. The SMILES string of the molecule is CC.CC1CCCCC1.CCOc1nc2cccc(C)c2n1C. The molecule has 3 heteroatoms. The third-order valence-electron chi connectivity index (χ3n) is 4.22. The van der Waals surface area contributed by atoms with Gasteiger partial charge in [0, 0.05) is 7.05 Å². The topological polar surface area (TPSA) is 27.1 Å². The van der Waals surface area contributed by atoms with E-state index in [1.807, 2.05) is 44.5 Å². The molecule has 1 aromatic heterocycles. The Morgan fingerprint density at radius 1 is 1.17 bits per heavy atom. The van der Waals surface area contributed by atoms with Gasteiger partial charge in [0.2, 0.25) is 0 Å². The lowest BCUT2D eigenvalue weighted by atomic mass is 9.91. The number of hydrogen-bond donors (Lipinski definition) is 0. The van der Waals surface area contributed by atoms with E-state index in [1.165, 1.54) is 37.7 Å². The molecule has 1 aliphatic rings. The fourth-order valence-electron chi connectivity index (χ4n) is 3.01. The number of para-hydroxylation sites is 1. The molecule has 1 aromatic carbocycles. The van der Waals surface area contributed by atoms with E-state index in [4.69, 9.17) is 4.74 Å². The molecule has 1 aliphatic carbocycles. The number of ether oxygens (including phenoxy) is 1. The van der Waals surface area contributed by atoms with E-state index in [1.54, 1.807) is 0 Å². The van der Waals surface area contributed by atoms with Crippen LogP contribution in [-0.4, -0.2) is 16.2 Å². The van der Waals surface area contributed by atoms with E-state index in [9.17, 15) is 0 Å². The van der Waals surface area contributed by atoms with Crippen LogP contribution in [0, 0.1) is 12.8 Å². The van der Waals surface area contributed by atoms with Gasteiger partial charge < -0.3 is 4.74 Å². The van der Waals surface area contributed by atoms with Gasteiger partial charge >= 0.3 is 0 Å². The Morgan fingerprint density at radius 2 is 1.83 bits per heavy atom. The molecule has 130 valence electrons. The third-order valence-corrected chi connectivity index (χ3v) is 4.22. The predicted octanol–water partition coefficient (Wildman–Crippen LogP) is 5.89. The van der Waals surface area contributed by atoms with Crippen LogP contribution in [-0.2, 0) is 7.05 Å². The van der Waals surface area contributed by atoms with Crippen molar-refractivity contribution in [3.05, 3.63) is 23.8 Å². The summed E-state index contributed by atoms with van der Waals surface area (Å²) in [5.41, 5.74) is 3.37. The first kappa shape index (κ1) is 19.5. The second kappa shape index (κ2) is 10.3. The van der Waals surface area contributed by atoms with Gasteiger partial charge in [0.15, 0.2) is 0 Å². The fraction of sp³-hybridized carbons (Fsp3) is 0.650. The molecule has 3 rings (SSSR count). The van der Waals surface area contributed by atoms with E-state index >= 15 is 0 Å². The highest BCUT2D eigenvalue weighted by Gasteiger charge is 2.09. The molecule has 0 saturated heterocycles. The minimum absolute atomic E-state index is 0.649. The summed E-state index contributed by atoms with van der Waals surface area (Å²) in [6.07, 6.45) is 7.44. The van der Waals surface area contributed by atoms with E-state index in [0.29, 0.717) is 12.6 Å². The number of imidazole rings is 1. The summed E-state index contributed by atoms with van der Waals surface area (Å²) < 4.78 is 7.42. The lowest BCUT2D eigenvalue weighted by Crippen LogP contribution is -1.99.